The summed E-state index contributed by atoms with van der Waals surface area (Å²) in [4.78, 5) is 4.70. The number of aliphatic imine (C=N–C) groups is 1. The van der Waals surface area contributed by atoms with Crippen LogP contribution in [0.25, 0.3) is 10.8 Å². The highest BCUT2D eigenvalue weighted by Gasteiger charge is 2.23. The van der Waals surface area contributed by atoms with E-state index in [0.29, 0.717) is 18.6 Å². The summed E-state index contributed by atoms with van der Waals surface area (Å²) in [6, 6.07) is 14.9. The lowest BCUT2D eigenvalue weighted by atomic mass is 10.0. The van der Waals surface area contributed by atoms with Crippen LogP contribution < -0.4 is 0 Å². The summed E-state index contributed by atoms with van der Waals surface area (Å²) in [5.41, 5.74) is 1.11. The average molecular weight is 239 g/mol. The fourth-order valence-electron chi connectivity index (χ4n) is 2.29. The zero-order chi connectivity index (χ0) is 12.5. The second-order valence-electron chi connectivity index (χ2n) is 5.08. The van der Waals surface area contributed by atoms with Crippen LogP contribution >= 0.6 is 0 Å². The number of nitrogens with zero attached hydrogens (tertiary/aromatic N) is 1. The van der Waals surface area contributed by atoms with Gasteiger partial charge < -0.3 is 4.74 Å². The van der Waals surface area contributed by atoms with Crippen molar-refractivity contribution in [3.8, 4) is 0 Å². The zero-order valence-electron chi connectivity index (χ0n) is 10.8. The Morgan fingerprint density at radius 3 is 2.67 bits per heavy atom. The number of ether oxygens (including phenoxy) is 1. The monoisotopic (exact) mass is 239 g/mol. The molecule has 0 unspecified atom stereocenters. The lowest BCUT2D eigenvalue weighted by molar-refractivity contribution is 0.292. The van der Waals surface area contributed by atoms with Gasteiger partial charge >= 0.3 is 0 Å². The van der Waals surface area contributed by atoms with E-state index in [1.54, 1.807) is 0 Å². The van der Waals surface area contributed by atoms with Crippen LogP contribution in [0.2, 0.25) is 0 Å². The Balaban J connectivity index is 2.08. The normalized spacial score (nSPS) is 19.1. The van der Waals surface area contributed by atoms with Crippen molar-refractivity contribution in [1.29, 1.82) is 0 Å². The third-order valence-corrected chi connectivity index (χ3v) is 3.46. The summed E-state index contributed by atoms with van der Waals surface area (Å²) in [7, 11) is 0. The van der Waals surface area contributed by atoms with Crippen molar-refractivity contribution < 1.29 is 4.74 Å². The molecule has 0 aromatic heterocycles. The van der Waals surface area contributed by atoms with Crippen LogP contribution in [0.15, 0.2) is 47.5 Å². The Hall–Kier alpha value is -1.83. The van der Waals surface area contributed by atoms with E-state index in [4.69, 9.17) is 9.73 Å². The highest BCUT2D eigenvalue weighted by atomic mass is 16.5. The van der Waals surface area contributed by atoms with Crippen LogP contribution in [0, 0.1) is 5.92 Å². The number of hydrogen-bond donors (Lipinski definition) is 0. The van der Waals surface area contributed by atoms with E-state index in [1.165, 1.54) is 10.8 Å². The van der Waals surface area contributed by atoms with E-state index >= 15 is 0 Å². The van der Waals surface area contributed by atoms with Gasteiger partial charge in [0.1, 0.15) is 6.61 Å². The first-order valence-electron chi connectivity index (χ1n) is 6.44. The van der Waals surface area contributed by atoms with Gasteiger partial charge in [0.15, 0.2) is 0 Å². The average Bonchev–Trinajstić information content (AvgIpc) is 2.87. The Morgan fingerprint density at radius 2 is 1.89 bits per heavy atom. The van der Waals surface area contributed by atoms with E-state index in [9.17, 15) is 0 Å². The molecule has 2 heteroatoms. The van der Waals surface area contributed by atoms with Crippen molar-refractivity contribution in [3.05, 3.63) is 48.0 Å². The topological polar surface area (TPSA) is 21.6 Å². The first-order chi connectivity index (χ1) is 8.75. The number of fused-ring (bicyclic) bond motifs is 1. The van der Waals surface area contributed by atoms with E-state index in [1.807, 2.05) is 0 Å². The Labute approximate surface area is 107 Å². The second-order valence-corrected chi connectivity index (χ2v) is 5.08. The first kappa shape index (κ1) is 11.3. The number of benzene rings is 2. The predicted octanol–water partition coefficient (Wildman–Crippen LogP) is 3.64. The molecule has 0 spiro atoms. The first-order valence-corrected chi connectivity index (χ1v) is 6.44. The van der Waals surface area contributed by atoms with Crippen molar-refractivity contribution in [3.63, 3.8) is 0 Å². The van der Waals surface area contributed by atoms with Gasteiger partial charge in [0, 0.05) is 5.56 Å². The predicted molar refractivity (Wildman–Crippen MR) is 75.1 cm³/mol. The van der Waals surface area contributed by atoms with E-state index in [-0.39, 0.29) is 0 Å². The number of rotatable bonds is 2. The van der Waals surface area contributed by atoms with Crippen LogP contribution in [0.5, 0.6) is 0 Å². The second kappa shape index (κ2) is 4.45. The standard InChI is InChI=1S/C16H17NO/c1-11(2)15-10-18-16(17-15)14-9-5-7-12-6-3-4-8-13(12)14/h3-9,11,15H,10H2,1-2H3/t15-/m1/s1. The van der Waals surface area contributed by atoms with Gasteiger partial charge in [-0.2, -0.15) is 0 Å². The maximum Gasteiger partial charge on any atom is 0.217 e. The largest absolute Gasteiger partial charge is 0.475 e. The molecule has 1 atom stereocenters. The molecule has 2 aromatic rings. The molecule has 1 aliphatic rings. The van der Waals surface area contributed by atoms with Gasteiger partial charge in [-0.3, -0.25) is 0 Å². The molecule has 0 saturated heterocycles. The number of hydrogen-bond acceptors (Lipinski definition) is 2. The van der Waals surface area contributed by atoms with Crippen molar-refractivity contribution in [2.24, 2.45) is 10.9 Å². The van der Waals surface area contributed by atoms with Gasteiger partial charge in [-0.15, -0.1) is 0 Å². The van der Waals surface area contributed by atoms with Crippen molar-refractivity contribution >= 4 is 16.7 Å². The van der Waals surface area contributed by atoms with Gasteiger partial charge in [0.25, 0.3) is 0 Å². The highest BCUT2D eigenvalue weighted by Crippen LogP contribution is 2.23. The fraction of sp³-hybridized carbons (Fsp3) is 0.312. The maximum atomic E-state index is 5.77. The molecule has 2 aromatic carbocycles. The molecule has 2 nitrogen and oxygen atoms in total. The Morgan fingerprint density at radius 1 is 1.11 bits per heavy atom. The molecule has 0 N–H and O–H groups in total. The molecule has 1 heterocycles. The minimum Gasteiger partial charge on any atom is -0.475 e. The molecule has 0 radical (unpaired) electrons. The molecule has 1 aliphatic heterocycles. The summed E-state index contributed by atoms with van der Waals surface area (Å²) in [5.74, 6) is 1.32. The minimum absolute atomic E-state index is 0.291. The minimum atomic E-state index is 0.291. The van der Waals surface area contributed by atoms with E-state index in [2.05, 4.69) is 56.3 Å². The molecule has 0 fully saturated rings. The molecule has 92 valence electrons. The van der Waals surface area contributed by atoms with Crippen molar-refractivity contribution in [1.82, 2.24) is 0 Å². The quantitative estimate of drug-likeness (QED) is 0.784. The van der Waals surface area contributed by atoms with Gasteiger partial charge in [0.2, 0.25) is 5.90 Å². The third-order valence-electron chi connectivity index (χ3n) is 3.46. The van der Waals surface area contributed by atoms with E-state index < -0.39 is 0 Å². The maximum absolute atomic E-state index is 5.77. The van der Waals surface area contributed by atoms with Crippen molar-refractivity contribution in [2.45, 2.75) is 19.9 Å². The fourth-order valence-corrected chi connectivity index (χ4v) is 2.29. The van der Waals surface area contributed by atoms with Crippen LogP contribution in [0.3, 0.4) is 0 Å². The highest BCUT2D eigenvalue weighted by molar-refractivity contribution is 6.07. The summed E-state index contributed by atoms with van der Waals surface area (Å²) in [6.07, 6.45) is 0. The van der Waals surface area contributed by atoms with Crippen LogP contribution in [-0.4, -0.2) is 18.5 Å². The van der Waals surface area contributed by atoms with Gasteiger partial charge in [-0.25, -0.2) is 4.99 Å². The molecule has 0 aliphatic carbocycles. The Bertz CT molecular complexity index is 596. The molecule has 0 amide bonds. The van der Waals surface area contributed by atoms with Crippen molar-refractivity contribution in [2.75, 3.05) is 6.61 Å². The zero-order valence-corrected chi connectivity index (χ0v) is 10.8. The molecule has 0 saturated carbocycles. The van der Waals surface area contributed by atoms with Crippen LogP contribution in [0.4, 0.5) is 0 Å². The molecular formula is C16H17NO. The Kier molecular flexibility index (Phi) is 2.78. The van der Waals surface area contributed by atoms with Gasteiger partial charge in [-0.1, -0.05) is 50.2 Å². The third kappa shape index (κ3) is 1.88. The summed E-state index contributed by atoms with van der Waals surface area (Å²) in [5, 5.41) is 2.44. The van der Waals surface area contributed by atoms with E-state index in [0.717, 1.165) is 11.5 Å². The molecule has 0 bridgehead atoms. The van der Waals surface area contributed by atoms with Gasteiger partial charge in [0.05, 0.1) is 6.04 Å². The lowest BCUT2D eigenvalue weighted by Crippen LogP contribution is -2.13. The summed E-state index contributed by atoms with van der Waals surface area (Å²) < 4.78 is 5.77. The van der Waals surface area contributed by atoms with Crippen LogP contribution in [0.1, 0.15) is 19.4 Å². The van der Waals surface area contributed by atoms with Crippen LogP contribution in [-0.2, 0) is 4.74 Å². The lowest BCUT2D eigenvalue weighted by Gasteiger charge is -2.06. The molecule has 18 heavy (non-hydrogen) atoms. The summed E-state index contributed by atoms with van der Waals surface area (Å²) >= 11 is 0. The summed E-state index contributed by atoms with van der Waals surface area (Å²) in [6.45, 7) is 5.07. The molecular weight excluding hydrogens is 222 g/mol. The van der Waals surface area contributed by atoms with Gasteiger partial charge in [-0.05, 0) is 22.8 Å². The smallest absolute Gasteiger partial charge is 0.217 e. The SMILES string of the molecule is CC(C)[C@H]1COC(c2cccc3ccccc23)=N1. The molecule has 3 rings (SSSR count).